The number of ether oxygens (including phenoxy) is 1. The van der Waals surface area contributed by atoms with Crippen LogP contribution >= 0.6 is 11.9 Å². The first-order valence-electron chi connectivity index (χ1n) is 9.60. The molecular weight excluding hydrogens is 409 g/mol. The standard InChI is InChI=1S/C20H20FN5O3S/c1-2-10-30-24-19-16(26(27)28)6-7-17(18(19)21)29-13-4-5-15-14(11-13)20-22-8-3-9-25(20)12-23-15/h4-7,11-12,24H,2-3,8-10H2,1H3. The fourth-order valence-electron chi connectivity index (χ4n) is 3.20. The number of nitro groups is 1. The molecular formula is C20H20FN5O3S. The summed E-state index contributed by atoms with van der Waals surface area (Å²) in [6.07, 6.45) is 3.57. The van der Waals surface area contributed by atoms with E-state index in [1.54, 1.807) is 24.5 Å². The number of rotatable bonds is 7. The van der Waals surface area contributed by atoms with Gasteiger partial charge in [-0.1, -0.05) is 18.9 Å². The molecule has 2 heterocycles. The first kappa shape index (κ1) is 20.1. The monoisotopic (exact) mass is 429 g/mol. The normalized spacial score (nSPS) is 14.6. The van der Waals surface area contributed by atoms with E-state index >= 15 is 4.39 Å². The summed E-state index contributed by atoms with van der Waals surface area (Å²) < 4.78 is 23.6. The van der Waals surface area contributed by atoms with E-state index in [9.17, 15) is 10.1 Å². The number of hydrogen-bond acceptors (Lipinski definition) is 8. The molecule has 0 aliphatic carbocycles. The molecule has 0 fully saturated rings. The Morgan fingerprint density at radius 1 is 1.37 bits per heavy atom. The number of amidine groups is 1. The van der Waals surface area contributed by atoms with Gasteiger partial charge in [0.25, 0.3) is 5.69 Å². The number of anilines is 1. The molecule has 0 bridgehead atoms. The summed E-state index contributed by atoms with van der Waals surface area (Å²) in [7, 11) is 0. The van der Waals surface area contributed by atoms with Crippen LogP contribution < -0.4 is 9.46 Å². The molecule has 1 N–H and O–H groups in total. The number of aliphatic imine (C=N–C) groups is 2. The van der Waals surface area contributed by atoms with Crippen LogP contribution in [0.3, 0.4) is 0 Å². The van der Waals surface area contributed by atoms with Crippen molar-refractivity contribution < 1.29 is 14.1 Å². The van der Waals surface area contributed by atoms with E-state index in [-0.39, 0.29) is 17.1 Å². The summed E-state index contributed by atoms with van der Waals surface area (Å²) in [5, 5.41) is 11.3. The minimum atomic E-state index is -0.805. The van der Waals surface area contributed by atoms with Crippen molar-refractivity contribution in [1.82, 2.24) is 4.90 Å². The van der Waals surface area contributed by atoms with Gasteiger partial charge in [-0.3, -0.25) is 15.1 Å². The molecule has 2 aliphatic heterocycles. The van der Waals surface area contributed by atoms with Crippen molar-refractivity contribution in [1.29, 1.82) is 0 Å². The molecule has 156 valence electrons. The average Bonchev–Trinajstić information content (AvgIpc) is 2.76. The second kappa shape index (κ2) is 8.70. The SMILES string of the molecule is CCCSNc1c([N+](=O)[O-])ccc(Oc2ccc3c(c2)C2=NCCCN2C=N3)c1F. The van der Waals surface area contributed by atoms with Crippen LogP contribution in [0.25, 0.3) is 0 Å². The smallest absolute Gasteiger partial charge is 0.296 e. The zero-order valence-corrected chi connectivity index (χ0v) is 17.1. The highest BCUT2D eigenvalue weighted by atomic mass is 32.2. The van der Waals surface area contributed by atoms with Gasteiger partial charge in [0.1, 0.15) is 11.6 Å². The van der Waals surface area contributed by atoms with Gasteiger partial charge in [-0.25, -0.2) is 9.38 Å². The number of nitrogens with zero attached hydrogens (tertiary/aromatic N) is 4. The van der Waals surface area contributed by atoms with Gasteiger partial charge in [0, 0.05) is 30.5 Å². The molecule has 0 radical (unpaired) electrons. The van der Waals surface area contributed by atoms with E-state index in [0.29, 0.717) is 11.5 Å². The average molecular weight is 429 g/mol. The predicted molar refractivity (Wildman–Crippen MR) is 117 cm³/mol. The van der Waals surface area contributed by atoms with E-state index in [1.165, 1.54) is 24.1 Å². The summed E-state index contributed by atoms with van der Waals surface area (Å²) in [4.78, 5) is 21.7. The lowest BCUT2D eigenvalue weighted by atomic mass is 10.1. The van der Waals surface area contributed by atoms with Gasteiger partial charge in [-0.05, 0) is 37.1 Å². The van der Waals surface area contributed by atoms with Crippen LogP contribution in [0.15, 0.2) is 40.3 Å². The molecule has 2 aromatic rings. The van der Waals surface area contributed by atoms with Crippen molar-refractivity contribution in [2.45, 2.75) is 19.8 Å². The van der Waals surface area contributed by atoms with E-state index in [1.807, 2.05) is 11.8 Å². The zero-order valence-electron chi connectivity index (χ0n) is 16.3. The summed E-state index contributed by atoms with van der Waals surface area (Å²) in [6, 6.07) is 7.75. The Hall–Kier alpha value is -3.14. The maximum atomic E-state index is 15.1. The van der Waals surface area contributed by atoms with Crippen molar-refractivity contribution in [2.75, 3.05) is 23.6 Å². The molecule has 30 heavy (non-hydrogen) atoms. The zero-order chi connectivity index (χ0) is 21.1. The van der Waals surface area contributed by atoms with Crippen molar-refractivity contribution >= 4 is 41.2 Å². The Labute approximate surface area is 177 Å². The van der Waals surface area contributed by atoms with Crippen LogP contribution in [0.5, 0.6) is 11.5 Å². The van der Waals surface area contributed by atoms with Crippen LogP contribution in [0.2, 0.25) is 0 Å². The van der Waals surface area contributed by atoms with Gasteiger partial charge in [-0.2, -0.15) is 0 Å². The number of benzene rings is 2. The molecule has 4 rings (SSSR count). The molecule has 0 spiro atoms. The molecule has 8 nitrogen and oxygen atoms in total. The van der Waals surface area contributed by atoms with Crippen molar-refractivity contribution in [3.05, 3.63) is 51.8 Å². The van der Waals surface area contributed by atoms with Crippen LogP contribution in [0, 0.1) is 15.9 Å². The number of halogens is 1. The Bertz CT molecular complexity index is 1040. The second-order valence-corrected chi connectivity index (χ2v) is 7.66. The third kappa shape index (κ3) is 3.95. The maximum Gasteiger partial charge on any atom is 0.296 e. The third-order valence-corrected chi connectivity index (χ3v) is 5.59. The lowest BCUT2D eigenvalue weighted by molar-refractivity contribution is -0.384. The van der Waals surface area contributed by atoms with Crippen LogP contribution in [-0.4, -0.2) is 40.8 Å². The molecule has 0 saturated carbocycles. The Kier molecular flexibility index (Phi) is 5.84. The van der Waals surface area contributed by atoms with Gasteiger partial charge in [-0.15, -0.1) is 0 Å². The minimum Gasteiger partial charge on any atom is -0.454 e. The fourth-order valence-corrected chi connectivity index (χ4v) is 3.85. The quantitative estimate of drug-likeness (QED) is 0.284. The molecule has 0 aromatic heterocycles. The van der Waals surface area contributed by atoms with Gasteiger partial charge in [0.05, 0.1) is 16.9 Å². The molecule has 0 unspecified atom stereocenters. The Morgan fingerprint density at radius 2 is 2.23 bits per heavy atom. The van der Waals surface area contributed by atoms with Gasteiger partial charge in [0.2, 0.25) is 0 Å². The first-order chi connectivity index (χ1) is 14.6. The molecule has 0 amide bonds. The number of fused-ring (bicyclic) bond motifs is 3. The summed E-state index contributed by atoms with van der Waals surface area (Å²) >= 11 is 1.21. The first-order valence-corrected chi connectivity index (χ1v) is 10.6. The van der Waals surface area contributed by atoms with Gasteiger partial charge < -0.3 is 14.4 Å². The van der Waals surface area contributed by atoms with Crippen LogP contribution in [0.1, 0.15) is 25.3 Å². The molecule has 10 heteroatoms. The lowest BCUT2D eigenvalue weighted by Crippen LogP contribution is -2.36. The largest absolute Gasteiger partial charge is 0.454 e. The fraction of sp³-hybridized carbons (Fsp3) is 0.300. The molecule has 0 atom stereocenters. The number of nitrogens with one attached hydrogen (secondary N) is 1. The Balaban J connectivity index is 1.65. The lowest BCUT2D eigenvalue weighted by Gasteiger charge is -2.29. The van der Waals surface area contributed by atoms with E-state index in [0.717, 1.165) is 43.0 Å². The third-order valence-electron chi connectivity index (χ3n) is 4.63. The highest BCUT2D eigenvalue weighted by Crippen LogP contribution is 2.38. The van der Waals surface area contributed by atoms with E-state index in [4.69, 9.17) is 4.74 Å². The van der Waals surface area contributed by atoms with Crippen LogP contribution in [-0.2, 0) is 0 Å². The second-order valence-electron chi connectivity index (χ2n) is 6.76. The summed E-state index contributed by atoms with van der Waals surface area (Å²) in [5.74, 6) is 1.01. The molecule has 2 aliphatic rings. The summed E-state index contributed by atoms with van der Waals surface area (Å²) in [6.45, 7) is 3.55. The summed E-state index contributed by atoms with van der Waals surface area (Å²) in [5.41, 5.74) is 1.05. The minimum absolute atomic E-state index is 0.0955. The Morgan fingerprint density at radius 3 is 3.03 bits per heavy atom. The highest BCUT2D eigenvalue weighted by Gasteiger charge is 2.25. The van der Waals surface area contributed by atoms with Crippen molar-refractivity contribution in [3.8, 4) is 11.5 Å². The van der Waals surface area contributed by atoms with Crippen molar-refractivity contribution in [3.63, 3.8) is 0 Å². The maximum absolute atomic E-state index is 15.1. The predicted octanol–water partition coefficient (Wildman–Crippen LogP) is 5.12. The van der Waals surface area contributed by atoms with Gasteiger partial charge in [0.15, 0.2) is 17.3 Å². The highest BCUT2D eigenvalue weighted by molar-refractivity contribution is 8.00. The molecule has 2 aromatic carbocycles. The van der Waals surface area contributed by atoms with Gasteiger partial charge >= 0.3 is 0 Å². The molecule has 0 saturated heterocycles. The van der Waals surface area contributed by atoms with E-state index < -0.39 is 10.7 Å². The van der Waals surface area contributed by atoms with Crippen molar-refractivity contribution in [2.24, 2.45) is 9.98 Å². The van der Waals surface area contributed by atoms with E-state index in [2.05, 4.69) is 14.7 Å². The number of hydrogen-bond donors (Lipinski definition) is 1. The number of nitro benzene ring substituents is 1. The van der Waals surface area contributed by atoms with Crippen LogP contribution in [0.4, 0.5) is 21.5 Å². The topological polar surface area (TPSA) is 92.4 Å².